The zero-order chi connectivity index (χ0) is 20.9. The normalized spacial score (nSPS) is 14.9. The summed E-state index contributed by atoms with van der Waals surface area (Å²) in [7, 11) is 0. The molecule has 1 aliphatic rings. The van der Waals surface area contributed by atoms with Gasteiger partial charge in [0.1, 0.15) is 5.75 Å². The van der Waals surface area contributed by atoms with Gasteiger partial charge in [-0.1, -0.05) is 24.3 Å². The maximum atomic E-state index is 12.2. The maximum Gasteiger partial charge on any atom is 0.573 e. The summed E-state index contributed by atoms with van der Waals surface area (Å²) >= 11 is 0. The third kappa shape index (κ3) is 6.41. The third-order valence-electron chi connectivity index (χ3n) is 4.33. The van der Waals surface area contributed by atoms with Gasteiger partial charge in [0.25, 0.3) is 0 Å². The zero-order valence-electron chi connectivity index (χ0n) is 15.6. The Kier molecular flexibility index (Phi) is 6.26. The number of alkyl halides is 3. The molecule has 1 saturated heterocycles. The summed E-state index contributed by atoms with van der Waals surface area (Å²) in [6, 6.07) is 13.0. The van der Waals surface area contributed by atoms with Crippen molar-refractivity contribution in [1.29, 1.82) is 0 Å². The van der Waals surface area contributed by atoms with Crippen molar-refractivity contribution in [3.05, 3.63) is 59.7 Å². The molecule has 0 aliphatic carbocycles. The highest BCUT2D eigenvalue weighted by atomic mass is 19.4. The molecule has 0 aromatic heterocycles. The Hall–Kier alpha value is -3.23. The van der Waals surface area contributed by atoms with E-state index in [4.69, 9.17) is 5.73 Å². The largest absolute Gasteiger partial charge is 0.573 e. The first-order chi connectivity index (χ1) is 13.8. The lowest BCUT2D eigenvalue weighted by atomic mass is 10.1. The predicted molar refractivity (Wildman–Crippen MR) is 103 cm³/mol. The van der Waals surface area contributed by atoms with Gasteiger partial charge in [0.05, 0.1) is 6.54 Å². The van der Waals surface area contributed by atoms with E-state index in [0.717, 1.165) is 24.1 Å². The van der Waals surface area contributed by atoms with E-state index in [9.17, 15) is 18.0 Å². The predicted octanol–water partition coefficient (Wildman–Crippen LogP) is 3.63. The Morgan fingerprint density at radius 1 is 1.17 bits per heavy atom. The molecule has 2 aromatic carbocycles. The zero-order valence-corrected chi connectivity index (χ0v) is 15.6. The number of nitrogens with one attached hydrogen (secondary N) is 1. The van der Waals surface area contributed by atoms with Crippen LogP contribution in [0, 0.1) is 0 Å². The molecule has 0 unspecified atom stereocenters. The number of benzene rings is 2. The van der Waals surface area contributed by atoms with Crippen molar-refractivity contribution in [2.75, 3.05) is 11.9 Å². The Morgan fingerprint density at radius 3 is 2.55 bits per heavy atom. The molecule has 2 aromatic rings. The summed E-state index contributed by atoms with van der Waals surface area (Å²) < 4.78 is 40.4. The number of amides is 1. The van der Waals surface area contributed by atoms with E-state index in [1.165, 1.54) is 24.3 Å². The van der Waals surface area contributed by atoms with Gasteiger partial charge in [-0.3, -0.25) is 4.79 Å². The third-order valence-corrected chi connectivity index (χ3v) is 4.33. The molecular weight excluding hydrogens is 385 g/mol. The molecule has 0 radical (unpaired) electrons. The second-order valence-electron chi connectivity index (χ2n) is 6.64. The summed E-state index contributed by atoms with van der Waals surface area (Å²) in [6.07, 6.45) is -3.23. The van der Waals surface area contributed by atoms with Crippen molar-refractivity contribution in [3.63, 3.8) is 0 Å². The molecule has 3 rings (SSSR count). The molecule has 9 heteroatoms. The lowest BCUT2D eigenvalue weighted by Crippen LogP contribution is -2.24. The van der Waals surface area contributed by atoms with Gasteiger partial charge in [0.2, 0.25) is 5.91 Å². The minimum Gasteiger partial charge on any atom is -0.406 e. The van der Waals surface area contributed by atoms with E-state index in [-0.39, 0.29) is 17.6 Å². The van der Waals surface area contributed by atoms with Crippen molar-refractivity contribution >= 4 is 17.6 Å². The van der Waals surface area contributed by atoms with Crippen LogP contribution in [-0.2, 0) is 17.9 Å². The minimum atomic E-state index is -4.73. The van der Waals surface area contributed by atoms with Gasteiger partial charge >= 0.3 is 6.36 Å². The number of ether oxygens (including phenoxy) is 1. The fraction of sp³-hybridized carbons (Fsp3) is 0.300. The van der Waals surface area contributed by atoms with Gasteiger partial charge in [-0.05, 0) is 41.8 Å². The van der Waals surface area contributed by atoms with Crippen molar-refractivity contribution in [2.24, 2.45) is 10.7 Å². The van der Waals surface area contributed by atoms with Gasteiger partial charge in [0, 0.05) is 25.2 Å². The summed E-state index contributed by atoms with van der Waals surface area (Å²) in [6.45, 7) is 1.69. The van der Waals surface area contributed by atoms with E-state index < -0.39 is 6.36 Å². The van der Waals surface area contributed by atoms with E-state index in [0.29, 0.717) is 25.2 Å². The van der Waals surface area contributed by atoms with Crippen LogP contribution in [0.1, 0.15) is 24.0 Å². The number of carbonyl (C=O) groups is 1. The monoisotopic (exact) mass is 406 g/mol. The first kappa shape index (κ1) is 20.5. The molecule has 0 bridgehead atoms. The van der Waals surface area contributed by atoms with Crippen LogP contribution in [-0.4, -0.2) is 29.7 Å². The summed E-state index contributed by atoms with van der Waals surface area (Å²) in [5.41, 5.74) is 8.31. The number of rotatable bonds is 6. The molecule has 3 N–H and O–H groups in total. The second kappa shape index (κ2) is 8.85. The molecule has 0 atom stereocenters. The quantitative estimate of drug-likeness (QED) is 0.567. The van der Waals surface area contributed by atoms with E-state index in [2.05, 4.69) is 15.0 Å². The Morgan fingerprint density at radius 2 is 1.90 bits per heavy atom. The average Bonchev–Trinajstić information content (AvgIpc) is 3.05. The number of anilines is 1. The molecule has 0 saturated carbocycles. The average molecular weight is 406 g/mol. The van der Waals surface area contributed by atoms with Crippen molar-refractivity contribution < 1.29 is 22.7 Å². The number of aliphatic imine (C=N–C) groups is 1. The Bertz CT molecular complexity index is 882. The summed E-state index contributed by atoms with van der Waals surface area (Å²) in [5, 5.41) is 2.82. The fourth-order valence-corrected chi connectivity index (χ4v) is 3.02. The van der Waals surface area contributed by atoms with E-state index >= 15 is 0 Å². The molecule has 29 heavy (non-hydrogen) atoms. The van der Waals surface area contributed by atoms with Crippen molar-refractivity contribution in [1.82, 2.24) is 4.90 Å². The van der Waals surface area contributed by atoms with Crippen LogP contribution in [0.3, 0.4) is 0 Å². The van der Waals surface area contributed by atoms with Crippen LogP contribution in [0.2, 0.25) is 0 Å². The maximum absolute atomic E-state index is 12.2. The summed E-state index contributed by atoms with van der Waals surface area (Å²) in [4.78, 5) is 17.8. The lowest BCUT2D eigenvalue weighted by Gasteiger charge is -2.15. The summed E-state index contributed by atoms with van der Waals surface area (Å²) in [5.74, 6) is -0.00464. The molecule has 1 heterocycles. The number of hydrogen-bond donors (Lipinski definition) is 2. The molecule has 1 amide bonds. The first-order valence-corrected chi connectivity index (χ1v) is 9.07. The van der Waals surface area contributed by atoms with Crippen LogP contribution >= 0.6 is 0 Å². The Labute approximate surface area is 166 Å². The van der Waals surface area contributed by atoms with Gasteiger partial charge in [0.15, 0.2) is 5.96 Å². The van der Waals surface area contributed by atoms with Crippen LogP contribution in [0.15, 0.2) is 53.5 Å². The van der Waals surface area contributed by atoms with Crippen LogP contribution in [0.5, 0.6) is 5.75 Å². The van der Waals surface area contributed by atoms with Crippen LogP contribution < -0.4 is 15.8 Å². The SMILES string of the molecule is NC(=NCc1cccc(CN2CCCC2=O)c1)Nc1ccc(OC(F)(F)F)cc1. The number of guanidine groups is 1. The highest BCUT2D eigenvalue weighted by Gasteiger charge is 2.30. The van der Waals surface area contributed by atoms with Crippen LogP contribution in [0.25, 0.3) is 0 Å². The number of hydrogen-bond acceptors (Lipinski definition) is 3. The van der Waals surface area contributed by atoms with Crippen molar-refractivity contribution in [2.45, 2.75) is 32.3 Å². The first-order valence-electron chi connectivity index (χ1n) is 9.07. The fourth-order valence-electron chi connectivity index (χ4n) is 3.02. The second-order valence-corrected chi connectivity index (χ2v) is 6.64. The highest BCUT2D eigenvalue weighted by molar-refractivity contribution is 5.92. The Balaban J connectivity index is 1.55. The number of nitrogens with zero attached hydrogens (tertiary/aromatic N) is 2. The molecule has 154 valence electrons. The smallest absolute Gasteiger partial charge is 0.406 e. The van der Waals surface area contributed by atoms with Crippen molar-refractivity contribution in [3.8, 4) is 5.75 Å². The van der Waals surface area contributed by atoms with E-state index in [1.807, 2.05) is 29.2 Å². The number of nitrogens with two attached hydrogens (primary N) is 1. The molecule has 1 aliphatic heterocycles. The molecule has 1 fully saturated rings. The van der Waals surface area contributed by atoms with Crippen LogP contribution in [0.4, 0.5) is 18.9 Å². The standard InChI is InChI=1S/C20H21F3N4O2/c21-20(22,23)29-17-8-6-16(7-9-17)26-19(24)25-12-14-3-1-4-15(11-14)13-27-10-2-5-18(27)28/h1,3-4,6-9,11H,2,5,10,12-13H2,(H3,24,25,26). The van der Waals surface area contributed by atoms with Gasteiger partial charge in [-0.25, -0.2) is 4.99 Å². The molecular formula is C20H21F3N4O2. The minimum absolute atomic E-state index is 0.134. The number of carbonyl (C=O) groups excluding carboxylic acids is 1. The lowest BCUT2D eigenvalue weighted by molar-refractivity contribution is -0.274. The van der Waals surface area contributed by atoms with Gasteiger partial charge < -0.3 is 20.7 Å². The highest BCUT2D eigenvalue weighted by Crippen LogP contribution is 2.24. The van der Waals surface area contributed by atoms with Gasteiger partial charge in [-0.15, -0.1) is 13.2 Å². The topological polar surface area (TPSA) is 80.0 Å². The number of likely N-dealkylation sites (tertiary alicyclic amines) is 1. The molecule has 0 spiro atoms. The number of halogens is 3. The van der Waals surface area contributed by atoms with E-state index in [1.54, 1.807) is 0 Å². The molecule has 6 nitrogen and oxygen atoms in total. The van der Waals surface area contributed by atoms with Gasteiger partial charge in [-0.2, -0.15) is 0 Å².